The van der Waals surface area contributed by atoms with Crippen molar-refractivity contribution in [1.82, 2.24) is 0 Å². The number of hydrogen-bond acceptors (Lipinski definition) is 2. The molecule has 1 rings (SSSR count). The van der Waals surface area contributed by atoms with Gasteiger partial charge in [0.25, 0.3) is 0 Å². The van der Waals surface area contributed by atoms with E-state index in [1.807, 2.05) is 13.8 Å². The summed E-state index contributed by atoms with van der Waals surface area (Å²) in [6.07, 6.45) is 3.71. The summed E-state index contributed by atoms with van der Waals surface area (Å²) < 4.78 is 5.80. The number of aliphatic hydroxyl groups is 1. The van der Waals surface area contributed by atoms with Gasteiger partial charge in [-0.25, -0.2) is 0 Å². The standard InChI is InChI=1S/C13H26O2/c1-9(2)13(14)8-15-12-6-10(3)5-11(4)7-12/h9-14H,5-8H2,1-4H3. The third kappa shape index (κ3) is 4.52. The first-order valence-electron chi connectivity index (χ1n) is 6.28. The molecule has 0 aromatic heterocycles. The largest absolute Gasteiger partial charge is 0.390 e. The van der Waals surface area contributed by atoms with Crippen LogP contribution in [0.25, 0.3) is 0 Å². The van der Waals surface area contributed by atoms with Crippen LogP contribution in [0.15, 0.2) is 0 Å². The first kappa shape index (κ1) is 13.0. The molecule has 2 heteroatoms. The normalized spacial score (nSPS) is 34.4. The van der Waals surface area contributed by atoms with Crippen molar-refractivity contribution in [2.75, 3.05) is 6.61 Å². The average molecular weight is 214 g/mol. The van der Waals surface area contributed by atoms with Gasteiger partial charge in [0.2, 0.25) is 0 Å². The quantitative estimate of drug-likeness (QED) is 0.779. The highest BCUT2D eigenvalue weighted by Crippen LogP contribution is 2.30. The maximum absolute atomic E-state index is 9.66. The lowest BCUT2D eigenvalue weighted by atomic mass is 9.82. The molecule has 0 aromatic rings. The maximum Gasteiger partial charge on any atom is 0.0796 e. The zero-order valence-corrected chi connectivity index (χ0v) is 10.6. The lowest BCUT2D eigenvalue weighted by Crippen LogP contribution is -2.30. The second-order valence-electron chi connectivity index (χ2n) is 5.68. The van der Waals surface area contributed by atoms with Crippen LogP contribution in [-0.2, 0) is 4.74 Å². The van der Waals surface area contributed by atoms with Crippen LogP contribution in [0.3, 0.4) is 0 Å². The van der Waals surface area contributed by atoms with Crippen molar-refractivity contribution in [3.63, 3.8) is 0 Å². The molecular formula is C13H26O2. The molecule has 1 N–H and O–H groups in total. The Hall–Kier alpha value is -0.0800. The minimum Gasteiger partial charge on any atom is -0.390 e. The highest BCUT2D eigenvalue weighted by atomic mass is 16.5. The summed E-state index contributed by atoms with van der Waals surface area (Å²) in [4.78, 5) is 0. The third-order valence-electron chi connectivity index (χ3n) is 3.41. The Labute approximate surface area is 94.0 Å². The Morgan fingerprint density at radius 1 is 1.13 bits per heavy atom. The number of aliphatic hydroxyl groups excluding tert-OH is 1. The van der Waals surface area contributed by atoms with Gasteiger partial charge >= 0.3 is 0 Å². The molecule has 15 heavy (non-hydrogen) atoms. The van der Waals surface area contributed by atoms with E-state index in [1.165, 1.54) is 6.42 Å². The van der Waals surface area contributed by atoms with Gasteiger partial charge in [-0.1, -0.05) is 27.7 Å². The molecule has 0 bridgehead atoms. The Morgan fingerprint density at radius 2 is 1.67 bits per heavy atom. The van der Waals surface area contributed by atoms with E-state index in [2.05, 4.69) is 13.8 Å². The van der Waals surface area contributed by atoms with Crippen molar-refractivity contribution in [2.45, 2.75) is 59.2 Å². The number of rotatable bonds is 4. The van der Waals surface area contributed by atoms with Gasteiger partial charge < -0.3 is 9.84 Å². The van der Waals surface area contributed by atoms with Crippen LogP contribution in [0.2, 0.25) is 0 Å². The molecule has 0 heterocycles. The summed E-state index contributed by atoms with van der Waals surface area (Å²) in [5.41, 5.74) is 0. The minimum absolute atomic E-state index is 0.295. The van der Waals surface area contributed by atoms with Gasteiger partial charge in [0, 0.05) is 0 Å². The Kier molecular flexibility index (Phi) is 5.07. The minimum atomic E-state index is -0.308. The molecule has 3 unspecified atom stereocenters. The zero-order valence-electron chi connectivity index (χ0n) is 10.6. The van der Waals surface area contributed by atoms with Gasteiger partial charge in [-0.3, -0.25) is 0 Å². The van der Waals surface area contributed by atoms with Crippen molar-refractivity contribution < 1.29 is 9.84 Å². The highest BCUT2D eigenvalue weighted by Gasteiger charge is 2.25. The lowest BCUT2D eigenvalue weighted by molar-refractivity contribution is -0.0517. The molecule has 90 valence electrons. The van der Waals surface area contributed by atoms with Crippen LogP contribution in [0.4, 0.5) is 0 Å². The molecule has 3 atom stereocenters. The van der Waals surface area contributed by atoms with E-state index in [1.54, 1.807) is 0 Å². The topological polar surface area (TPSA) is 29.5 Å². The maximum atomic E-state index is 9.66. The third-order valence-corrected chi connectivity index (χ3v) is 3.41. The fourth-order valence-corrected chi connectivity index (χ4v) is 2.44. The van der Waals surface area contributed by atoms with Crippen LogP contribution in [0, 0.1) is 17.8 Å². The van der Waals surface area contributed by atoms with Crippen molar-refractivity contribution in [3.8, 4) is 0 Å². The second kappa shape index (κ2) is 5.86. The summed E-state index contributed by atoms with van der Waals surface area (Å²) in [5.74, 6) is 1.84. The smallest absolute Gasteiger partial charge is 0.0796 e. The molecule has 1 aliphatic carbocycles. The van der Waals surface area contributed by atoms with Gasteiger partial charge in [0.05, 0.1) is 18.8 Å². The first-order chi connectivity index (χ1) is 6.99. The molecule has 1 saturated carbocycles. The van der Waals surface area contributed by atoms with Gasteiger partial charge in [-0.2, -0.15) is 0 Å². The molecule has 2 nitrogen and oxygen atoms in total. The van der Waals surface area contributed by atoms with Gasteiger partial charge in [-0.05, 0) is 37.0 Å². The molecular weight excluding hydrogens is 188 g/mol. The molecule has 0 saturated heterocycles. The van der Waals surface area contributed by atoms with E-state index in [-0.39, 0.29) is 6.10 Å². The van der Waals surface area contributed by atoms with Gasteiger partial charge in [0.15, 0.2) is 0 Å². The highest BCUT2D eigenvalue weighted by molar-refractivity contribution is 4.75. The van der Waals surface area contributed by atoms with E-state index >= 15 is 0 Å². The number of hydrogen-bond donors (Lipinski definition) is 1. The van der Waals surface area contributed by atoms with Crippen molar-refractivity contribution in [2.24, 2.45) is 17.8 Å². The van der Waals surface area contributed by atoms with Crippen LogP contribution < -0.4 is 0 Å². The predicted octanol–water partition coefficient (Wildman–Crippen LogP) is 2.84. The fraction of sp³-hybridized carbons (Fsp3) is 1.00. The Bertz CT molecular complexity index is 169. The second-order valence-corrected chi connectivity index (χ2v) is 5.68. The SMILES string of the molecule is CC1CC(C)CC(OCC(O)C(C)C)C1. The number of ether oxygens (including phenoxy) is 1. The van der Waals surface area contributed by atoms with Crippen molar-refractivity contribution in [1.29, 1.82) is 0 Å². The van der Waals surface area contributed by atoms with Crippen molar-refractivity contribution >= 4 is 0 Å². The van der Waals surface area contributed by atoms with Crippen LogP contribution in [-0.4, -0.2) is 23.9 Å². The molecule has 0 aromatic carbocycles. The molecule has 1 fully saturated rings. The zero-order chi connectivity index (χ0) is 11.4. The molecule has 0 aliphatic heterocycles. The van der Waals surface area contributed by atoms with E-state index in [4.69, 9.17) is 4.74 Å². The van der Waals surface area contributed by atoms with Crippen LogP contribution in [0.5, 0.6) is 0 Å². The summed E-state index contributed by atoms with van der Waals surface area (Å²) >= 11 is 0. The predicted molar refractivity (Wildman–Crippen MR) is 62.8 cm³/mol. The molecule has 0 amide bonds. The van der Waals surface area contributed by atoms with Crippen molar-refractivity contribution in [3.05, 3.63) is 0 Å². The first-order valence-corrected chi connectivity index (χ1v) is 6.28. The monoisotopic (exact) mass is 214 g/mol. The van der Waals surface area contributed by atoms with E-state index in [9.17, 15) is 5.11 Å². The summed E-state index contributed by atoms with van der Waals surface area (Å²) in [7, 11) is 0. The summed E-state index contributed by atoms with van der Waals surface area (Å²) in [6, 6.07) is 0. The van der Waals surface area contributed by atoms with E-state index < -0.39 is 0 Å². The van der Waals surface area contributed by atoms with Gasteiger partial charge in [-0.15, -0.1) is 0 Å². The fourth-order valence-electron chi connectivity index (χ4n) is 2.44. The average Bonchev–Trinajstić information content (AvgIpc) is 2.12. The summed E-state index contributed by atoms with van der Waals surface area (Å²) in [6.45, 7) is 9.15. The van der Waals surface area contributed by atoms with E-state index in [0.29, 0.717) is 18.6 Å². The molecule has 0 spiro atoms. The van der Waals surface area contributed by atoms with Gasteiger partial charge in [0.1, 0.15) is 0 Å². The Balaban J connectivity index is 2.26. The lowest BCUT2D eigenvalue weighted by Gasteiger charge is -2.32. The van der Waals surface area contributed by atoms with Crippen LogP contribution >= 0.6 is 0 Å². The molecule has 1 aliphatic rings. The summed E-state index contributed by atoms with van der Waals surface area (Å²) in [5, 5.41) is 9.66. The Morgan fingerprint density at radius 3 is 2.13 bits per heavy atom. The molecule has 0 radical (unpaired) electrons. The van der Waals surface area contributed by atoms with Crippen LogP contribution in [0.1, 0.15) is 47.0 Å². The van der Waals surface area contributed by atoms with E-state index in [0.717, 1.165) is 24.7 Å².